The molecule has 1 N–H and O–H groups in total. The number of hydrogen-bond acceptors (Lipinski definition) is 3. The van der Waals surface area contributed by atoms with Crippen LogP contribution in [0.4, 0.5) is 5.69 Å². The van der Waals surface area contributed by atoms with Crippen molar-refractivity contribution < 1.29 is 4.52 Å². The zero-order chi connectivity index (χ0) is 13.4. The van der Waals surface area contributed by atoms with E-state index in [0.717, 1.165) is 30.6 Å². The molecule has 100 valence electrons. The molecule has 3 rings (SSSR count). The summed E-state index contributed by atoms with van der Waals surface area (Å²) in [6.45, 7) is 4.40. The summed E-state index contributed by atoms with van der Waals surface area (Å²) in [6.07, 6.45) is 5.06. The van der Waals surface area contributed by atoms with E-state index >= 15 is 0 Å². The van der Waals surface area contributed by atoms with Gasteiger partial charge in [-0.2, -0.15) is 0 Å². The van der Waals surface area contributed by atoms with Crippen molar-refractivity contribution in [2.75, 3.05) is 12.4 Å². The highest BCUT2D eigenvalue weighted by Crippen LogP contribution is 2.36. The van der Waals surface area contributed by atoms with E-state index in [1.807, 2.05) is 7.05 Å². The summed E-state index contributed by atoms with van der Waals surface area (Å²) < 4.78 is 5.11. The van der Waals surface area contributed by atoms with Gasteiger partial charge in [0.05, 0.1) is 5.69 Å². The lowest BCUT2D eigenvalue weighted by atomic mass is 9.79. The predicted molar refractivity (Wildman–Crippen MR) is 76.7 cm³/mol. The van der Waals surface area contributed by atoms with Gasteiger partial charge in [0.1, 0.15) is 12.0 Å². The standard InChI is InChI=1S/C16H20N2O/c1-10-6-11(2)14-5-4-12(8-13(14)7-10)16-15(17-3)9-19-18-16/h6-7,9,12,17H,4-5,8H2,1-3H3. The van der Waals surface area contributed by atoms with Crippen molar-refractivity contribution in [2.45, 2.75) is 39.0 Å². The van der Waals surface area contributed by atoms with E-state index in [2.05, 4.69) is 36.5 Å². The van der Waals surface area contributed by atoms with E-state index in [4.69, 9.17) is 4.52 Å². The monoisotopic (exact) mass is 256 g/mol. The van der Waals surface area contributed by atoms with Crippen LogP contribution in [0.2, 0.25) is 0 Å². The number of hydrogen-bond donors (Lipinski definition) is 1. The Kier molecular flexibility index (Phi) is 3.05. The molecule has 3 nitrogen and oxygen atoms in total. The molecule has 0 radical (unpaired) electrons. The Labute approximate surface area is 114 Å². The zero-order valence-electron chi connectivity index (χ0n) is 11.8. The van der Waals surface area contributed by atoms with Crippen LogP contribution >= 0.6 is 0 Å². The van der Waals surface area contributed by atoms with Gasteiger partial charge in [-0.15, -0.1) is 0 Å². The Balaban J connectivity index is 1.94. The van der Waals surface area contributed by atoms with Crippen molar-refractivity contribution in [2.24, 2.45) is 0 Å². The minimum atomic E-state index is 0.468. The lowest BCUT2D eigenvalue weighted by molar-refractivity contribution is 0.399. The van der Waals surface area contributed by atoms with E-state index in [9.17, 15) is 0 Å². The highest BCUT2D eigenvalue weighted by molar-refractivity contribution is 5.48. The number of anilines is 1. The third-order valence-electron chi connectivity index (χ3n) is 4.17. The molecular formula is C16H20N2O. The van der Waals surface area contributed by atoms with Crippen LogP contribution in [0.3, 0.4) is 0 Å². The van der Waals surface area contributed by atoms with Crippen molar-refractivity contribution in [1.29, 1.82) is 0 Å². The Morgan fingerprint density at radius 2 is 2.16 bits per heavy atom. The minimum absolute atomic E-state index is 0.468. The fraction of sp³-hybridized carbons (Fsp3) is 0.438. The predicted octanol–water partition coefficient (Wildman–Crippen LogP) is 3.61. The summed E-state index contributed by atoms with van der Waals surface area (Å²) in [6, 6.07) is 4.61. The number of nitrogens with zero attached hydrogens (tertiary/aromatic N) is 1. The first kappa shape index (κ1) is 12.3. The maximum absolute atomic E-state index is 5.11. The van der Waals surface area contributed by atoms with Gasteiger partial charge >= 0.3 is 0 Å². The van der Waals surface area contributed by atoms with E-state index in [1.165, 1.54) is 22.3 Å². The number of nitrogens with one attached hydrogen (secondary N) is 1. The van der Waals surface area contributed by atoms with E-state index in [-0.39, 0.29) is 0 Å². The van der Waals surface area contributed by atoms with Gasteiger partial charge in [-0.1, -0.05) is 22.9 Å². The molecule has 19 heavy (non-hydrogen) atoms. The van der Waals surface area contributed by atoms with Gasteiger partial charge in [-0.25, -0.2) is 0 Å². The minimum Gasteiger partial charge on any atom is -0.384 e. The van der Waals surface area contributed by atoms with Crippen molar-refractivity contribution in [1.82, 2.24) is 5.16 Å². The summed E-state index contributed by atoms with van der Waals surface area (Å²) in [5, 5.41) is 7.35. The summed E-state index contributed by atoms with van der Waals surface area (Å²) in [4.78, 5) is 0. The molecule has 1 aliphatic rings. The molecule has 0 aliphatic heterocycles. The van der Waals surface area contributed by atoms with Crippen LogP contribution in [0.15, 0.2) is 22.9 Å². The maximum Gasteiger partial charge on any atom is 0.147 e. The lowest BCUT2D eigenvalue weighted by Crippen LogP contribution is -2.15. The van der Waals surface area contributed by atoms with Crippen LogP contribution in [0.1, 0.15) is 40.3 Å². The van der Waals surface area contributed by atoms with E-state index in [1.54, 1.807) is 6.26 Å². The molecule has 1 aromatic carbocycles. The zero-order valence-corrected chi connectivity index (χ0v) is 11.8. The van der Waals surface area contributed by atoms with Gasteiger partial charge in [0.25, 0.3) is 0 Å². The number of rotatable bonds is 2. The quantitative estimate of drug-likeness (QED) is 0.892. The smallest absolute Gasteiger partial charge is 0.147 e. The summed E-state index contributed by atoms with van der Waals surface area (Å²) in [7, 11) is 1.92. The van der Waals surface area contributed by atoms with Gasteiger partial charge in [-0.3, -0.25) is 0 Å². The molecule has 3 heteroatoms. The topological polar surface area (TPSA) is 38.1 Å². The van der Waals surface area contributed by atoms with Crippen LogP contribution in [-0.2, 0) is 12.8 Å². The van der Waals surface area contributed by atoms with Crippen molar-refractivity contribution in [3.05, 3.63) is 46.3 Å². The summed E-state index contributed by atoms with van der Waals surface area (Å²) in [5.74, 6) is 0.468. The number of fused-ring (bicyclic) bond motifs is 1. The van der Waals surface area contributed by atoms with Gasteiger partial charge < -0.3 is 9.84 Å². The second kappa shape index (κ2) is 4.72. The van der Waals surface area contributed by atoms with Gasteiger partial charge in [0, 0.05) is 13.0 Å². The first-order chi connectivity index (χ1) is 9.19. The molecule has 1 aromatic heterocycles. The highest BCUT2D eigenvalue weighted by atomic mass is 16.5. The molecule has 0 fully saturated rings. The van der Waals surface area contributed by atoms with Gasteiger partial charge in [-0.05, 0) is 49.8 Å². The Morgan fingerprint density at radius 1 is 1.32 bits per heavy atom. The van der Waals surface area contributed by atoms with E-state index < -0.39 is 0 Å². The van der Waals surface area contributed by atoms with Crippen molar-refractivity contribution >= 4 is 5.69 Å². The van der Waals surface area contributed by atoms with Gasteiger partial charge in [0.15, 0.2) is 0 Å². The largest absolute Gasteiger partial charge is 0.384 e. The molecule has 0 saturated carbocycles. The van der Waals surface area contributed by atoms with Crippen LogP contribution in [0.5, 0.6) is 0 Å². The Bertz CT molecular complexity index is 601. The SMILES string of the molecule is CNc1conc1C1CCc2c(C)cc(C)cc2C1. The first-order valence-electron chi connectivity index (χ1n) is 6.90. The molecule has 1 heterocycles. The van der Waals surface area contributed by atoms with Crippen LogP contribution in [-0.4, -0.2) is 12.2 Å². The van der Waals surface area contributed by atoms with Crippen LogP contribution < -0.4 is 5.32 Å². The fourth-order valence-corrected chi connectivity index (χ4v) is 3.27. The summed E-state index contributed by atoms with van der Waals surface area (Å²) in [5.41, 5.74) is 7.91. The second-order valence-electron chi connectivity index (χ2n) is 5.52. The third-order valence-corrected chi connectivity index (χ3v) is 4.17. The molecule has 0 spiro atoms. The molecule has 1 atom stereocenters. The average Bonchev–Trinajstić information content (AvgIpc) is 2.86. The number of aryl methyl sites for hydroxylation is 2. The van der Waals surface area contributed by atoms with Gasteiger partial charge in [0.2, 0.25) is 0 Å². The Hall–Kier alpha value is -1.77. The molecule has 2 aromatic rings. The molecule has 1 unspecified atom stereocenters. The molecule has 0 bridgehead atoms. The first-order valence-corrected chi connectivity index (χ1v) is 6.90. The highest BCUT2D eigenvalue weighted by Gasteiger charge is 2.25. The summed E-state index contributed by atoms with van der Waals surface area (Å²) >= 11 is 0. The van der Waals surface area contributed by atoms with Crippen LogP contribution in [0, 0.1) is 13.8 Å². The maximum atomic E-state index is 5.11. The Morgan fingerprint density at radius 3 is 2.95 bits per heavy atom. The lowest BCUT2D eigenvalue weighted by Gasteiger charge is -2.25. The molecular weight excluding hydrogens is 236 g/mol. The van der Waals surface area contributed by atoms with Crippen molar-refractivity contribution in [3.8, 4) is 0 Å². The van der Waals surface area contributed by atoms with E-state index in [0.29, 0.717) is 5.92 Å². The second-order valence-corrected chi connectivity index (χ2v) is 5.52. The molecule has 0 amide bonds. The normalized spacial score (nSPS) is 18.2. The third kappa shape index (κ3) is 2.14. The number of benzene rings is 1. The van der Waals surface area contributed by atoms with Crippen molar-refractivity contribution in [3.63, 3.8) is 0 Å². The van der Waals surface area contributed by atoms with Crippen LogP contribution in [0.25, 0.3) is 0 Å². The number of aromatic nitrogens is 1. The molecule has 0 saturated heterocycles. The molecule has 1 aliphatic carbocycles. The average molecular weight is 256 g/mol. The fourth-order valence-electron chi connectivity index (χ4n) is 3.27.